The number of ether oxygens (including phenoxy) is 4. The van der Waals surface area contributed by atoms with E-state index in [-0.39, 0.29) is 19.2 Å². The van der Waals surface area contributed by atoms with Gasteiger partial charge in [0, 0.05) is 13.0 Å². The second-order valence-corrected chi connectivity index (χ2v) is 16.6. The summed E-state index contributed by atoms with van der Waals surface area (Å²) in [6.07, 6.45) is 39.1. The summed E-state index contributed by atoms with van der Waals surface area (Å²) in [5, 5.41) is 40.2. The van der Waals surface area contributed by atoms with Crippen LogP contribution in [0.2, 0.25) is 0 Å². The minimum Gasteiger partial charge on any atom is -0.457 e. The van der Waals surface area contributed by atoms with E-state index in [9.17, 15) is 25.2 Å². The zero-order valence-corrected chi connectivity index (χ0v) is 36.9. The zero-order chi connectivity index (χ0) is 41.4. The lowest BCUT2D eigenvalue weighted by molar-refractivity contribution is -0.305. The van der Waals surface area contributed by atoms with E-state index in [1.54, 1.807) is 0 Å². The summed E-state index contributed by atoms with van der Waals surface area (Å²) in [4.78, 5) is 12.8. The molecular formula is C48H90O9. The van der Waals surface area contributed by atoms with E-state index in [0.29, 0.717) is 13.0 Å². The lowest BCUT2D eigenvalue weighted by Crippen LogP contribution is -2.59. The van der Waals surface area contributed by atoms with Crippen LogP contribution in [0.1, 0.15) is 213 Å². The molecule has 9 nitrogen and oxygen atoms in total. The van der Waals surface area contributed by atoms with E-state index in [4.69, 9.17) is 18.9 Å². The first-order valence-corrected chi connectivity index (χ1v) is 23.9. The van der Waals surface area contributed by atoms with E-state index in [1.807, 2.05) is 0 Å². The molecule has 1 aliphatic heterocycles. The number of esters is 1. The van der Waals surface area contributed by atoms with Crippen molar-refractivity contribution in [2.75, 3.05) is 26.4 Å². The smallest absolute Gasteiger partial charge is 0.306 e. The van der Waals surface area contributed by atoms with Crippen LogP contribution in [-0.4, -0.2) is 89.6 Å². The van der Waals surface area contributed by atoms with Gasteiger partial charge >= 0.3 is 5.97 Å². The average Bonchev–Trinajstić information content (AvgIpc) is 3.21. The van der Waals surface area contributed by atoms with E-state index >= 15 is 0 Å². The second-order valence-electron chi connectivity index (χ2n) is 16.6. The van der Waals surface area contributed by atoms with Gasteiger partial charge in [0.2, 0.25) is 0 Å². The molecule has 0 aromatic heterocycles. The molecule has 9 heteroatoms. The summed E-state index contributed by atoms with van der Waals surface area (Å²) in [5.41, 5.74) is 0. The third kappa shape index (κ3) is 31.2. The standard InChI is InChI=1S/C48H90O9/c1-3-5-7-9-11-13-15-17-19-21-23-25-27-29-31-33-35-37-44(50)56-42(41-55-48-47(53)46(52)45(51)43(39-49)57-48)40-54-38-36-34-32-30-28-26-24-22-20-18-16-14-12-10-8-6-4-2/h11,13,17,19,42-43,45-49,51-53H,3-10,12,14-16,18,20-41H2,1-2H3/b13-11-,19-17-. The van der Waals surface area contributed by atoms with Gasteiger partial charge in [-0.1, -0.05) is 186 Å². The highest BCUT2D eigenvalue weighted by Crippen LogP contribution is 2.23. The van der Waals surface area contributed by atoms with Crippen LogP contribution in [0, 0.1) is 0 Å². The quantitative estimate of drug-likeness (QED) is 0.0270. The molecule has 0 amide bonds. The van der Waals surface area contributed by atoms with Crippen LogP contribution in [0.15, 0.2) is 24.3 Å². The Bertz CT molecular complexity index is 926. The maximum Gasteiger partial charge on any atom is 0.306 e. The number of aliphatic hydroxyl groups excluding tert-OH is 4. The lowest BCUT2D eigenvalue weighted by Gasteiger charge is -2.39. The summed E-state index contributed by atoms with van der Waals surface area (Å²) in [6.45, 7) is 4.56. The Morgan fingerprint density at radius 1 is 0.561 bits per heavy atom. The van der Waals surface area contributed by atoms with Gasteiger partial charge in [-0.2, -0.15) is 0 Å². The summed E-state index contributed by atoms with van der Waals surface area (Å²) >= 11 is 0. The van der Waals surface area contributed by atoms with Crippen molar-refractivity contribution in [3.05, 3.63) is 24.3 Å². The fourth-order valence-electron chi connectivity index (χ4n) is 7.35. The van der Waals surface area contributed by atoms with Crippen molar-refractivity contribution >= 4 is 5.97 Å². The molecule has 4 N–H and O–H groups in total. The molecule has 0 radical (unpaired) electrons. The molecule has 1 rings (SSSR count). The molecule has 1 aliphatic rings. The number of carbonyl (C=O) groups excluding carboxylic acids is 1. The van der Waals surface area contributed by atoms with Gasteiger partial charge < -0.3 is 39.4 Å². The molecule has 0 aromatic carbocycles. The molecule has 1 heterocycles. The van der Waals surface area contributed by atoms with Gasteiger partial charge in [0.25, 0.3) is 0 Å². The van der Waals surface area contributed by atoms with E-state index in [2.05, 4.69) is 38.2 Å². The molecule has 57 heavy (non-hydrogen) atoms. The number of rotatable bonds is 41. The number of carbonyl (C=O) groups is 1. The van der Waals surface area contributed by atoms with Gasteiger partial charge in [-0.25, -0.2) is 0 Å². The Labute approximate surface area is 349 Å². The SMILES string of the molecule is CCCCC/C=C\C/C=C\CCCCCCCCCC(=O)OC(COCCCCCCCCCCCCCCCCCCC)COC1OC(CO)C(O)C(O)C1O. The highest BCUT2D eigenvalue weighted by Gasteiger charge is 2.44. The van der Waals surface area contributed by atoms with Gasteiger partial charge in [-0.15, -0.1) is 0 Å². The number of hydrogen-bond acceptors (Lipinski definition) is 9. The summed E-state index contributed by atoms with van der Waals surface area (Å²) < 4.78 is 22.9. The van der Waals surface area contributed by atoms with Crippen LogP contribution >= 0.6 is 0 Å². The predicted octanol–water partition coefficient (Wildman–Crippen LogP) is 11.0. The Morgan fingerprint density at radius 2 is 1.02 bits per heavy atom. The Kier molecular flexibility index (Phi) is 37.8. The first-order chi connectivity index (χ1) is 27.9. The maximum atomic E-state index is 12.8. The third-order valence-electron chi connectivity index (χ3n) is 11.1. The predicted molar refractivity (Wildman–Crippen MR) is 233 cm³/mol. The Hall–Kier alpha value is -1.33. The van der Waals surface area contributed by atoms with Crippen LogP contribution in [0.3, 0.4) is 0 Å². The number of unbranched alkanes of at least 4 members (excludes halogenated alkanes) is 26. The number of hydrogen-bond donors (Lipinski definition) is 4. The number of aliphatic hydroxyl groups is 4. The lowest BCUT2D eigenvalue weighted by atomic mass is 9.99. The van der Waals surface area contributed by atoms with Crippen molar-refractivity contribution in [1.82, 2.24) is 0 Å². The van der Waals surface area contributed by atoms with Gasteiger partial charge in [0.05, 0.1) is 19.8 Å². The highest BCUT2D eigenvalue weighted by molar-refractivity contribution is 5.69. The highest BCUT2D eigenvalue weighted by atomic mass is 16.7. The van der Waals surface area contributed by atoms with Crippen LogP contribution in [-0.2, 0) is 23.7 Å². The molecule has 336 valence electrons. The largest absolute Gasteiger partial charge is 0.457 e. The normalized spacial score (nSPS) is 20.6. The fraction of sp³-hybridized carbons (Fsp3) is 0.896. The van der Waals surface area contributed by atoms with E-state index in [1.165, 1.54) is 148 Å². The molecule has 1 fully saturated rings. The van der Waals surface area contributed by atoms with Crippen LogP contribution in [0.25, 0.3) is 0 Å². The topological polar surface area (TPSA) is 135 Å². The second kappa shape index (κ2) is 40.1. The first kappa shape index (κ1) is 53.7. The molecule has 0 spiro atoms. The van der Waals surface area contributed by atoms with Crippen molar-refractivity contribution in [1.29, 1.82) is 0 Å². The molecule has 1 saturated heterocycles. The van der Waals surface area contributed by atoms with Crippen molar-refractivity contribution in [2.24, 2.45) is 0 Å². The van der Waals surface area contributed by atoms with Crippen molar-refractivity contribution in [3.8, 4) is 0 Å². The molecule has 0 aliphatic carbocycles. The average molecular weight is 811 g/mol. The summed E-state index contributed by atoms with van der Waals surface area (Å²) in [5.74, 6) is -0.318. The summed E-state index contributed by atoms with van der Waals surface area (Å²) in [7, 11) is 0. The van der Waals surface area contributed by atoms with Crippen LogP contribution < -0.4 is 0 Å². The van der Waals surface area contributed by atoms with E-state index < -0.39 is 43.4 Å². The Morgan fingerprint density at radius 3 is 1.54 bits per heavy atom. The van der Waals surface area contributed by atoms with Crippen LogP contribution in [0.4, 0.5) is 0 Å². The monoisotopic (exact) mass is 811 g/mol. The first-order valence-electron chi connectivity index (χ1n) is 23.9. The van der Waals surface area contributed by atoms with Gasteiger partial charge in [0.1, 0.15) is 30.5 Å². The van der Waals surface area contributed by atoms with Crippen molar-refractivity contribution in [2.45, 2.75) is 250 Å². The molecule has 6 unspecified atom stereocenters. The van der Waals surface area contributed by atoms with Gasteiger partial charge in [-0.3, -0.25) is 4.79 Å². The molecule has 6 atom stereocenters. The zero-order valence-electron chi connectivity index (χ0n) is 36.9. The number of allylic oxidation sites excluding steroid dienone is 4. The molecule has 0 saturated carbocycles. The minimum absolute atomic E-state index is 0.113. The van der Waals surface area contributed by atoms with Crippen molar-refractivity contribution < 1.29 is 44.2 Å². The molecule has 0 aromatic rings. The van der Waals surface area contributed by atoms with Gasteiger partial charge in [0.15, 0.2) is 6.29 Å². The molecular weight excluding hydrogens is 721 g/mol. The fourth-order valence-corrected chi connectivity index (χ4v) is 7.35. The summed E-state index contributed by atoms with van der Waals surface area (Å²) in [6, 6.07) is 0. The maximum absolute atomic E-state index is 12.8. The Balaban J connectivity index is 2.24. The van der Waals surface area contributed by atoms with Crippen molar-refractivity contribution in [3.63, 3.8) is 0 Å². The minimum atomic E-state index is -1.54. The third-order valence-corrected chi connectivity index (χ3v) is 11.1. The molecule has 0 bridgehead atoms. The van der Waals surface area contributed by atoms with Crippen LogP contribution in [0.5, 0.6) is 0 Å². The van der Waals surface area contributed by atoms with Gasteiger partial charge in [-0.05, 0) is 44.9 Å². The van der Waals surface area contributed by atoms with E-state index in [0.717, 1.165) is 44.9 Å².